The van der Waals surface area contributed by atoms with Crippen molar-refractivity contribution in [3.8, 4) is 0 Å². The Morgan fingerprint density at radius 3 is 0.955 bits per heavy atom. The molecule has 108 valence electrons. The van der Waals surface area contributed by atoms with E-state index in [0.717, 1.165) is 0 Å². The molecule has 3 aromatic carbocycles. The summed E-state index contributed by atoms with van der Waals surface area (Å²) < 4.78 is 4.51. The van der Waals surface area contributed by atoms with Gasteiger partial charge in [0.25, 0.3) is 0 Å². The second kappa shape index (κ2) is 8.92. The van der Waals surface area contributed by atoms with Crippen LogP contribution in [0.5, 0.6) is 0 Å². The van der Waals surface area contributed by atoms with Gasteiger partial charge in [-0.3, -0.25) is 0 Å². The van der Waals surface area contributed by atoms with Crippen molar-refractivity contribution >= 4 is 30.4 Å². The predicted molar refractivity (Wildman–Crippen MR) is 91.6 cm³/mol. The van der Waals surface area contributed by atoms with E-state index in [1.165, 1.54) is 10.8 Å². The molecule has 0 aliphatic carbocycles. The summed E-state index contributed by atoms with van der Waals surface area (Å²) in [4.78, 5) is 2.00. The molecular weight excluding hydrogens is 386 g/mol. The number of rotatable bonds is 3. The van der Waals surface area contributed by atoms with E-state index in [1.807, 2.05) is 4.91 Å². The van der Waals surface area contributed by atoms with Gasteiger partial charge in [-0.2, -0.15) is 0 Å². The molecule has 0 fully saturated rings. The van der Waals surface area contributed by atoms with Gasteiger partial charge in [0.15, 0.2) is 0 Å². The van der Waals surface area contributed by atoms with Gasteiger partial charge in [-0.25, -0.2) is 0 Å². The average molecular weight is 403 g/mol. The fourth-order valence-electron chi connectivity index (χ4n) is 2.08. The van der Waals surface area contributed by atoms with Crippen LogP contribution in [-0.4, -0.2) is 19.6 Å². The summed E-state index contributed by atoms with van der Waals surface area (Å²) in [6.07, 6.45) is 0. The van der Waals surface area contributed by atoms with Crippen LogP contribution < -0.4 is 15.7 Å². The summed E-state index contributed by atoms with van der Waals surface area (Å²) >= 11 is -1.67. The van der Waals surface area contributed by atoms with Gasteiger partial charge >= 0.3 is 121 Å². The second-order valence-electron chi connectivity index (χ2n) is 4.36. The molecule has 3 nitrogen and oxygen atoms in total. The minimum atomic E-state index is -1.67. The molecule has 0 aliphatic heterocycles. The van der Waals surface area contributed by atoms with E-state index in [2.05, 4.69) is 91.0 Å². The van der Waals surface area contributed by atoms with Crippen molar-refractivity contribution in [2.45, 2.75) is 0 Å². The molecule has 3 rings (SSSR count). The van der Waals surface area contributed by atoms with E-state index in [4.69, 9.17) is 11.1 Å². The molecule has 0 aliphatic rings. The summed E-state index contributed by atoms with van der Waals surface area (Å²) in [5, 5.41) is 0. The molecule has 22 heavy (non-hydrogen) atoms. The van der Waals surface area contributed by atoms with Crippen molar-refractivity contribution in [2.75, 3.05) is 0 Å². The molecule has 0 heterocycles. The van der Waals surface area contributed by atoms with Crippen molar-refractivity contribution < 1.29 is 0 Å². The molecule has 0 bridgehead atoms. The first kappa shape index (κ1) is 16.1. The van der Waals surface area contributed by atoms with Gasteiger partial charge < -0.3 is 0 Å². The van der Waals surface area contributed by atoms with Crippen LogP contribution in [0.25, 0.3) is 0 Å². The maximum atomic E-state index is 5.50. The number of benzene rings is 3. The zero-order chi connectivity index (χ0) is 15.6. The maximum absolute atomic E-state index is 5.50. The zero-order valence-electron chi connectivity index (χ0n) is 12.0. The Morgan fingerprint density at radius 1 is 0.500 bits per heavy atom. The monoisotopic (exact) mass is 405 g/mol. The topological polar surface area (TPSA) is 61.8 Å². The Hall–Kier alpha value is -2.24. The average Bonchev–Trinajstić information content (AvgIpc) is 2.59. The third-order valence-corrected chi connectivity index (χ3v) is 9.30. The van der Waals surface area contributed by atoms with Crippen molar-refractivity contribution in [1.29, 1.82) is 11.1 Å². The van der Waals surface area contributed by atoms with Crippen LogP contribution in [0, 0.1) is 11.1 Å². The van der Waals surface area contributed by atoms with Crippen LogP contribution in [0.2, 0.25) is 0 Å². The van der Waals surface area contributed by atoms with Crippen molar-refractivity contribution in [3.63, 3.8) is 0 Å². The zero-order valence-corrected chi connectivity index (χ0v) is 14.3. The van der Waals surface area contributed by atoms with E-state index in [1.54, 1.807) is 0 Å². The Kier molecular flexibility index (Phi) is 6.54. The molecule has 0 radical (unpaired) electrons. The third-order valence-electron chi connectivity index (χ3n) is 2.94. The molecule has 0 aromatic heterocycles. The van der Waals surface area contributed by atoms with Gasteiger partial charge in [0.2, 0.25) is 4.91 Å². The van der Waals surface area contributed by atoms with Gasteiger partial charge in [0.05, 0.1) is 0 Å². The summed E-state index contributed by atoms with van der Waals surface area (Å²) in [5.41, 5.74) is 11.0. The van der Waals surface area contributed by atoms with Crippen LogP contribution >= 0.6 is 0 Å². The number of nitrogens with one attached hydrogen (secondary N) is 2. The normalized spacial score (nSPS) is 9.50. The van der Waals surface area contributed by atoms with E-state index in [0.29, 0.717) is 0 Å². The van der Waals surface area contributed by atoms with Crippen molar-refractivity contribution in [1.82, 2.24) is 4.91 Å². The quantitative estimate of drug-likeness (QED) is 0.384. The summed E-state index contributed by atoms with van der Waals surface area (Å²) in [5.74, 6) is 0. The molecular formula is C18H17N3Te+2. The fourth-order valence-corrected chi connectivity index (χ4v) is 8.08. The Balaban J connectivity index is 0.000000545. The van der Waals surface area contributed by atoms with Gasteiger partial charge in [-0.1, -0.05) is 0 Å². The Morgan fingerprint density at radius 2 is 0.727 bits per heavy atom. The molecule has 0 unspecified atom stereocenters. The Labute approximate surface area is 137 Å². The molecule has 3 aromatic rings. The van der Waals surface area contributed by atoms with E-state index in [-0.39, 0.29) is 0 Å². The van der Waals surface area contributed by atoms with E-state index in [9.17, 15) is 0 Å². The Bertz CT molecular complexity index is 615. The molecule has 0 saturated carbocycles. The molecule has 4 heteroatoms. The van der Waals surface area contributed by atoms with Crippen LogP contribution in [0.1, 0.15) is 0 Å². The van der Waals surface area contributed by atoms with E-state index < -0.39 is 19.6 Å². The SMILES string of the molecule is N=[N+]=N.c1ccc([Te+](c2ccccc2)c2ccccc2)cc1. The standard InChI is InChI=1S/C18H15Te.H2N3/c1-4-10-16(11-5-1)19(17-12-6-2-7-13-17)18-14-8-3-9-15-18;1-3-2/h1-15H;1-2H/q2*+1. The molecule has 0 saturated heterocycles. The fraction of sp³-hybridized carbons (Fsp3) is 0. The van der Waals surface area contributed by atoms with Crippen molar-refractivity contribution in [2.24, 2.45) is 0 Å². The molecule has 0 atom stereocenters. The number of hydrogen-bond acceptors (Lipinski definition) is 2. The van der Waals surface area contributed by atoms with Gasteiger partial charge in [0.1, 0.15) is 11.1 Å². The van der Waals surface area contributed by atoms with Crippen LogP contribution in [-0.2, 0) is 0 Å². The first-order chi connectivity index (χ1) is 10.9. The minimum absolute atomic E-state index is 1.50. The van der Waals surface area contributed by atoms with Gasteiger partial charge in [0, 0.05) is 0 Å². The number of nitrogens with zero attached hydrogens (tertiary/aromatic N) is 1. The van der Waals surface area contributed by atoms with Gasteiger partial charge in [-0.15, -0.1) is 0 Å². The van der Waals surface area contributed by atoms with Crippen molar-refractivity contribution in [3.05, 3.63) is 91.0 Å². The predicted octanol–water partition coefficient (Wildman–Crippen LogP) is 2.32. The molecule has 2 N–H and O–H groups in total. The molecule has 0 spiro atoms. The van der Waals surface area contributed by atoms with Crippen LogP contribution in [0.4, 0.5) is 0 Å². The van der Waals surface area contributed by atoms with Crippen LogP contribution in [0.3, 0.4) is 0 Å². The summed E-state index contributed by atoms with van der Waals surface area (Å²) in [6.45, 7) is 0. The number of hydrogen-bond donors (Lipinski definition) is 2. The van der Waals surface area contributed by atoms with Crippen LogP contribution in [0.15, 0.2) is 91.0 Å². The summed E-state index contributed by atoms with van der Waals surface area (Å²) in [6, 6.07) is 32.8. The first-order valence-electron chi connectivity index (χ1n) is 6.79. The molecule has 0 amide bonds. The third kappa shape index (κ3) is 4.38. The van der Waals surface area contributed by atoms with Gasteiger partial charge in [-0.05, 0) is 0 Å². The first-order valence-corrected chi connectivity index (χ1v) is 10.3. The van der Waals surface area contributed by atoms with E-state index >= 15 is 0 Å². The summed E-state index contributed by atoms with van der Waals surface area (Å²) in [7, 11) is 0. The second-order valence-corrected chi connectivity index (χ2v) is 10.1.